The van der Waals surface area contributed by atoms with Crippen molar-refractivity contribution >= 4 is 11.3 Å². The maximum atomic E-state index is 3.56. The standard InChI is InChI=1S/C12H21NS/c1-5-7-12(13-6-2)11-8-9(3)14-10(11)4/h8,12-13H,5-7H2,1-4H3. The molecule has 1 unspecified atom stereocenters. The average Bonchev–Trinajstić information content (AvgIpc) is 2.45. The van der Waals surface area contributed by atoms with E-state index in [4.69, 9.17) is 0 Å². The van der Waals surface area contributed by atoms with E-state index in [2.05, 4.69) is 39.1 Å². The molecule has 0 saturated heterocycles. The van der Waals surface area contributed by atoms with Gasteiger partial charge in [-0.25, -0.2) is 0 Å². The van der Waals surface area contributed by atoms with Crippen LogP contribution in [0.25, 0.3) is 0 Å². The molecule has 0 amide bonds. The molecule has 0 aliphatic carbocycles. The highest BCUT2D eigenvalue weighted by atomic mass is 32.1. The summed E-state index contributed by atoms with van der Waals surface area (Å²) < 4.78 is 0. The number of rotatable bonds is 5. The van der Waals surface area contributed by atoms with Crippen LogP contribution in [0.2, 0.25) is 0 Å². The number of thiophene rings is 1. The van der Waals surface area contributed by atoms with E-state index in [1.54, 1.807) is 0 Å². The molecule has 0 aliphatic heterocycles. The van der Waals surface area contributed by atoms with E-state index in [1.165, 1.54) is 28.2 Å². The SMILES string of the molecule is CCCC(NCC)c1cc(C)sc1C. The molecule has 0 fully saturated rings. The zero-order valence-electron chi connectivity index (χ0n) is 9.68. The lowest BCUT2D eigenvalue weighted by atomic mass is 10.0. The Morgan fingerprint density at radius 1 is 1.36 bits per heavy atom. The summed E-state index contributed by atoms with van der Waals surface area (Å²) in [6.45, 7) is 9.90. The second kappa shape index (κ2) is 5.52. The van der Waals surface area contributed by atoms with Crippen LogP contribution >= 0.6 is 11.3 Å². The largest absolute Gasteiger partial charge is 0.310 e. The minimum Gasteiger partial charge on any atom is -0.310 e. The van der Waals surface area contributed by atoms with Crippen LogP contribution in [-0.2, 0) is 0 Å². The van der Waals surface area contributed by atoms with Gasteiger partial charge in [0.25, 0.3) is 0 Å². The summed E-state index contributed by atoms with van der Waals surface area (Å²) in [7, 11) is 0. The summed E-state index contributed by atoms with van der Waals surface area (Å²) in [6.07, 6.45) is 2.48. The predicted octanol–water partition coefficient (Wildman–Crippen LogP) is 3.82. The molecule has 0 aliphatic rings. The topological polar surface area (TPSA) is 12.0 Å². The third-order valence-electron chi connectivity index (χ3n) is 2.48. The number of nitrogens with one attached hydrogen (secondary N) is 1. The third kappa shape index (κ3) is 2.82. The van der Waals surface area contributed by atoms with Crippen LogP contribution in [0.15, 0.2) is 6.07 Å². The predicted molar refractivity (Wildman–Crippen MR) is 65.1 cm³/mol. The maximum Gasteiger partial charge on any atom is 0.0331 e. The second-order valence-corrected chi connectivity index (χ2v) is 5.23. The molecule has 0 radical (unpaired) electrons. The molecule has 2 heteroatoms. The van der Waals surface area contributed by atoms with Gasteiger partial charge in [0.15, 0.2) is 0 Å². The highest BCUT2D eigenvalue weighted by Gasteiger charge is 2.13. The van der Waals surface area contributed by atoms with Gasteiger partial charge in [-0.05, 0) is 38.4 Å². The lowest BCUT2D eigenvalue weighted by Crippen LogP contribution is -2.20. The van der Waals surface area contributed by atoms with Crippen molar-refractivity contribution in [2.24, 2.45) is 0 Å². The van der Waals surface area contributed by atoms with Crippen LogP contribution in [-0.4, -0.2) is 6.54 Å². The zero-order valence-corrected chi connectivity index (χ0v) is 10.5. The van der Waals surface area contributed by atoms with Gasteiger partial charge in [-0.15, -0.1) is 11.3 Å². The van der Waals surface area contributed by atoms with E-state index < -0.39 is 0 Å². The fourth-order valence-corrected chi connectivity index (χ4v) is 2.89. The van der Waals surface area contributed by atoms with Gasteiger partial charge in [-0.2, -0.15) is 0 Å². The Morgan fingerprint density at radius 3 is 2.50 bits per heavy atom. The Hall–Kier alpha value is -0.340. The van der Waals surface area contributed by atoms with Crippen molar-refractivity contribution in [2.45, 2.75) is 46.6 Å². The first kappa shape index (κ1) is 11.7. The first-order valence-electron chi connectivity index (χ1n) is 5.49. The molecule has 1 heterocycles. The number of hydrogen-bond donors (Lipinski definition) is 1. The van der Waals surface area contributed by atoms with E-state index in [0.717, 1.165) is 6.54 Å². The highest BCUT2D eigenvalue weighted by molar-refractivity contribution is 7.12. The quantitative estimate of drug-likeness (QED) is 0.781. The van der Waals surface area contributed by atoms with Crippen LogP contribution in [0, 0.1) is 13.8 Å². The van der Waals surface area contributed by atoms with Crippen molar-refractivity contribution in [3.63, 3.8) is 0 Å². The van der Waals surface area contributed by atoms with Gasteiger partial charge in [-0.3, -0.25) is 0 Å². The number of hydrogen-bond acceptors (Lipinski definition) is 2. The summed E-state index contributed by atoms with van der Waals surface area (Å²) in [6, 6.07) is 2.90. The molecule has 1 aromatic heterocycles. The Labute approximate surface area is 91.5 Å². The third-order valence-corrected chi connectivity index (χ3v) is 3.46. The van der Waals surface area contributed by atoms with E-state index in [1.807, 2.05) is 11.3 Å². The average molecular weight is 211 g/mol. The molecule has 1 rings (SSSR count). The van der Waals surface area contributed by atoms with Gasteiger partial charge >= 0.3 is 0 Å². The first-order valence-corrected chi connectivity index (χ1v) is 6.31. The molecule has 80 valence electrons. The number of aryl methyl sites for hydroxylation is 2. The molecule has 1 N–H and O–H groups in total. The molecule has 0 aromatic carbocycles. The van der Waals surface area contributed by atoms with E-state index in [9.17, 15) is 0 Å². The molecule has 0 spiro atoms. The van der Waals surface area contributed by atoms with Crippen LogP contribution in [0.4, 0.5) is 0 Å². The molecule has 1 nitrogen and oxygen atoms in total. The monoisotopic (exact) mass is 211 g/mol. The Bertz CT molecular complexity index is 272. The normalized spacial score (nSPS) is 13.1. The molecular formula is C12H21NS. The summed E-state index contributed by atoms with van der Waals surface area (Å²) in [4.78, 5) is 2.90. The van der Waals surface area contributed by atoms with E-state index in [0.29, 0.717) is 6.04 Å². The lowest BCUT2D eigenvalue weighted by Gasteiger charge is -2.16. The molecule has 1 aromatic rings. The van der Waals surface area contributed by atoms with Crippen molar-refractivity contribution in [1.82, 2.24) is 5.32 Å². The van der Waals surface area contributed by atoms with Gasteiger partial charge in [0.05, 0.1) is 0 Å². The van der Waals surface area contributed by atoms with Crippen molar-refractivity contribution in [3.05, 3.63) is 21.4 Å². The van der Waals surface area contributed by atoms with Gasteiger partial charge in [0.1, 0.15) is 0 Å². The van der Waals surface area contributed by atoms with Crippen molar-refractivity contribution in [2.75, 3.05) is 6.54 Å². The van der Waals surface area contributed by atoms with Gasteiger partial charge in [-0.1, -0.05) is 20.3 Å². The highest BCUT2D eigenvalue weighted by Crippen LogP contribution is 2.28. The summed E-state index contributed by atoms with van der Waals surface area (Å²) in [5.74, 6) is 0. The van der Waals surface area contributed by atoms with Gasteiger partial charge in [0, 0.05) is 15.8 Å². The van der Waals surface area contributed by atoms with Gasteiger partial charge in [0.2, 0.25) is 0 Å². The van der Waals surface area contributed by atoms with E-state index in [-0.39, 0.29) is 0 Å². The molecular weight excluding hydrogens is 190 g/mol. The van der Waals surface area contributed by atoms with Crippen LogP contribution in [0.5, 0.6) is 0 Å². The summed E-state index contributed by atoms with van der Waals surface area (Å²) in [5.41, 5.74) is 1.51. The minimum absolute atomic E-state index is 0.565. The molecule has 14 heavy (non-hydrogen) atoms. The Morgan fingerprint density at radius 2 is 2.07 bits per heavy atom. The Balaban J connectivity index is 2.80. The zero-order chi connectivity index (χ0) is 10.6. The van der Waals surface area contributed by atoms with Gasteiger partial charge < -0.3 is 5.32 Å². The van der Waals surface area contributed by atoms with Crippen molar-refractivity contribution < 1.29 is 0 Å². The van der Waals surface area contributed by atoms with Crippen LogP contribution in [0.1, 0.15) is 48.0 Å². The smallest absolute Gasteiger partial charge is 0.0331 e. The molecule has 0 saturated carbocycles. The minimum atomic E-state index is 0.565. The van der Waals surface area contributed by atoms with Crippen molar-refractivity contribution in [3.8, 4) is 0 Å². The first-order chi connectivity index (χ1) is 6.69. The van der Waals surface area contributed by atoms with E-state index >= 15 is 0 Å². The summed E-state index contributed by atoms with van der Waals surface area (Å²) in [5, 5.41) is 3.56. The fourth-order valence-electron chi connectivity index (χ4n) is 1.90. The van der Waals surface area contributed by atoms with Crippen LogP contribution < -0.4 is 5.32 Å². The maximum absolute atomic E-state index is 3.56. The van der Waals surface area contributed by atoms with Crippen LogP contribution in [0.3, 0.4) is 0 Å². The Kier molecular flexibility index (Phi) is 4.63. The molecule has 0 bridgehead atoms. The lowest BCUT2D eigenvalue weighted by molar-refractivity contribution is 0.509. The summed E-state index contributed by atoms with van der Waals surface area (Å²) >= 11 is 1.91. The van der Waals surface area contributed by atoms with Crippen molar-refractivity contribution in [1.29, 1.82) is 0 Å². The second-order valence-electron chi connectivity index (χ2n) is 3.77. The fraction of sp³-hybridized carbons (Fsp3) is 0.667. The molecule has 1 atom stereocenters.